The molecule has 0 saturated carbocycles. The molecule has 1 aromatic rings. The molecular weight excluding hydrogens is 305 g/mol. The minimum atomic E-state index is -2.24. The van der Waals surface area contributed by atoms with E-state index in [2.05, 4.69) is 27.7 Å². The van der Waals surface area contributed by atoms with Crippen LogP contribution in [0.25, 0.3) is 0 Å². The van der Waals surface area contributed by atoms with Crippen LogP contribution in [0.2, 0.25) is 17.1 Å². The van der Waals surface area contributed by atoms with Crippen molar-refractivity contribution in [1.29, 1.82) is 0 Å². The van der Waals surface area contributed by atoms with Crippen molar-refractivity contribution in [1.82, 2.24) is 0 Å². The van der Waals surface area contributed by atoms with E-state index in [1.165, 1.54) is 0 Å². The second kappa shape index (κ2) is 8.16. The van der Waals surface area contributed by atoms with Crippen molar-refractivity contribution in [3.05, 3.63) is 35.1 Å². The summed E-state index contributed by atoms with van der Waals surface area (Å²) in [6.07, 6.45) is 2.85. The first-order valence-corrected chi connectivity index (χ1v) is 10.3. The Labute approximate surface area is 132 Å². The maximum Gasteiger partial charge on any atom is 0.193 e. The van der Waals surface area contributed by atoms with Gasteiger partial charge in [-0.2, -0.15) is 0 Å². The maximum atomic E-state index is 13.5. The van der Waals surface area contributed by atoms with Gasteiger partial charge < -0.3 is 4.80 Å². The lowest BCUT2D eigenvalue weighted by Gasteiger charge is -2.33. The fourth-order valence-corrected chi connectivity index (χ4v) is 6.20. The summed E-state index contributed by atoms with van der Waals surface area (Å²) in [6, 6.07) is 2.38. The molecular formula is C17H27F3OSi. The van der Waals surface area contributed by atoms with Gasteiger partial charge >= 0.3 is 0 Å². The first-order valence-electron chi connectivity index (χ1n) is 8.04. The molecule has 1 N–H and O–H groups in total. The summed E-state index contributed by atoms with van der Waals surface area (Å²) in [5, 5.41) is 0. The molecule has 0 aliphatic rings. The van der Waals surface area contributed by atoms with Gasteiger partial charge in [0.05, 0.1) is 0 Å². The summed E-state index contributed by atoms with van der Waals surface area (Å²) in [5.41, 5.74) is 0.853. The highest BCUT2D eigenvalue weighted by Crippen LogP contribution is 2.34. The summed E-state index contributed by atoms with van der Waals surface area (Å²) in [5.74, 6) is -2.84. The van der Waals surface area contributed by atoms with E-state index >= 15 is 0 Å². The molecule has 1 aromatic carbocycles. The Balaban J connectivity index is 2.45. The van der Waals surface area contributed by atoms with Gasteiger partial charge in [0, 0.05) is 6.07 Å². The minimum Gasteiger partial charge on any atom is -0.431 e. The third-order valence-electron chi connectivity index (χ3n) is 4.61. The smallest absolute Gasteiger partial charge is 0.193 e. The molecule has 1 nitrogen and oxygen atoms in total. The van der Waals surface area contributed by atoms with Crippen LogP contribution in [-0.2, 0) is 6.42 Å². The quantitative estimate of drug-likeness (QED) is 0.374. The second-order valence-electron chi connectivity index (χ2n) is 6.72. The average Bonchev–Trinajstić information content (AvgIpc) is 2.43. The van der Waals surface area contributed by atoms with Gasteiger partial charge in [0.1, 0.15) is 5.82 Å². The van der Waals surface area contributed by atoms with E-state index in [0.29, 0.717) is 30.0 Å². The Hall–Kier alpha value is -0.813. The van der Waals surface area contributed by atoms with Crippen LogP contribution in [0.4, 0.5) is 13.2 Å². The Morgan fingerprint density at radius 3 is 1.95 bits per heavy atom. The summed E-state index contributed by atoms with van der Waals surface area (Å²) >= 11 is 0. The third-order valence-corrected chi connectivity index (χ3v) is 9.77. The normalized spacial score (nSPS) is 12.5. The first-order chi connectivity index (χ1) is 10.2. The molecule has 0 heterocycles. The zero-order valence-corrected chi connectivity index (χ0v) is 14.9. The van der Waals surface area contributed by atoms with E-state index in [1.807, 2.05) is 0 Å². The largest absolute Gasteiger partial charge is 0.431 e. The third kappa shape index (κ3) is 4.85. The molecule has 0 radical (unpaired) electrons. The highest BCUT2D eigenvalue weighted by molar-refractivity contribution is 6.75. The first kappa shape index (κ1) is 19.2. The molecule has 126 valence electrons. The molecule has 0 aliphatic carbocycles. The number of hydrogen-bond donors (Lipinski definition) is 1. The van der Waals surface area contributed by atoms with Crippen LogP contribution in [0.15, 0.2) is 12.1 Å². The predicted octanol–water partition coefficient (Wildman–Crippen LogP) is 5.57. The van der Waals surface area contributed by atoms with Gasteiger partial charge in [-0.15, -0.1) is 0 Å². The van der Waals surface area contributed by atoms with Crippen LogP contribution in [0.3, 0.4) is 0 Å². The molecule has 5 heteroatoms. The number of halogens is 3. The van der Waals surface area contributed by atoms with Gasteiger partial charge in [-0.1, -0.05) is 40.5 Å². The molecule has 22 heavy (non-hydrogen) atoms. The van der Waals surface area contributed by atoms with Crippen LogP contribution in [0, 0.1) is 17.5 Å². The van der Waals surface area contributed by atoms with E-state index in [0.717, 1.165) is 25.0 Å². The average molecular weight is 332 g/mol. The molecule has 0 spiro atoms. The van der Waals surface area contributed by atoms with Gasteiger partial charge in [-0.3, -0.25) is 0 Å². The van der Waals surface area contributed by atoms with E-state index in [9.17, 15) is 18.0 Å². The van der Waals surface area contributed by atoms with E-state index in [-0.39, 0.29) is 5.56 Å². The molecule has 0 saturated heterocycles. The molecule has 0 bridgehead atoms. The number of hydrogen-bond acceptors (Lipinski definition) is 1. The molecule has 1 rings (SSSR count). The fraction of sp³-hybridized carbons (Fsp3) is 0.647. The van der Waals surface area contributed by atoms with Gasteiger partial charge in [0.15, 0.2) is 20.0 Å². The minimum absolute atomic E-state index is 0.221. The van der Waals surface area contributed by atoms with Crippen molar-refractivity contribution in [2.75, 3.05) is 0 Å². The van der Waals surface area contributed by atoms with Crippen molar-refractivity contribution in [2.45, 2.75) is 70.5 Å². The van der Waals surface area contributed by atoms with Crippen LogP contribution >= 0.6 is 0 Å². The van der Waals surface area contributed by atoms with E-state index in [1.54, 1.807) is 0 Å². The zero-order chi connectivity index (χ0) is 16.9. The second-order valence-corrected chi connectivity index (χ2v) is 11.5. The fourth-order valence-electron chi connectivity index (χ4n) is 2.90. The van der Waals surface area contributed by atoms with Gasteiger partial charge in [-0.05, 0) is 41.6 Å². The standard InChI is InChI=1S/C17H27F3OSi/c1-12(2)22(21,13(3)4)9-7-5-6-8-14-10-16(19)17(20)11-15(14)18/h10-13,21H,5-9H2,1-4H3. The van der Waals surface area contributed by atoms with Gasteiger partial charge in [-0.25, -0.2) is 13.2 Å². The zero-order valence-electron chi connectivity index (χ0n) is 13.9. The monoisotopic (exact) mass is 332 g/mol. The number of benzene rings is 1. The molecule has 0 fully saturated rings. The molecule has 0 atom stereocenters. The predicted molar refractivity (Wildman–Crippen MR) is 86.8 cm³/mol. The SMILES string of the molecule is CC(C)[Si](O)(CCCCCc1cc(F)c(F)cc1F)C(C)C. The van der Waals surface area contributed by atoms with Crippen LogP contribution < -0.4 is 0 Å². The van der Waals surface area contributed by atoms with Gasteiger partial charge in [0.2, 0.25) is 0 Å². The Morgan fingerprint density at radius 1 is 0.864 bits per heavy atom. The summed E-state index contributed by atoms with van der Waals surface area (Å²) in [4.78, 5) is 10.8. The number of aryl methyl sites for hydroxylation is 1. The van der Waals surface area contributed by atoms with Crippen molar-refractivity contribution in [3.8, 4) is 0 Å². The Kier molecular flexibility index (Phi) is 7.13. The number of rotatable bonds is 8. The lowest BCUT2D eigenvalue weighted by molar-refractivity contribution is 0.480. The maximum absolute atomic E-state index is 13.5. The Morgan fingerprint density at radius 2 is 1.41 bits per heavy atom. The van der Waals surface area contributed by atoms with Crippen molar-refractivity contribution >= 4 is 8.32 Å². The van der Waals surface area contributed by atoms with E-state index in [4.69, 9.17) is 0 Å². The summed E-state index contributed by atoms with van der Waals surface area (Å²) < 4.78 is 39.4. The number of unbranched alkanes of at least 4 members (excludes halogenated alkanes) is 2. The molecule has 0 aliphatic heterocycles. The van der Waals surface area contributed by atoms with Crippen LogP contribution in [0.5, 0.6) is 0 Å². The van der Waals surface area contributed by atoms with Crippen LogP contribution in [-0.4, -0.2) is 13.1 Å². The molecule has 0 unspecified atom stereocenters. The van der Waals surface area contributed by atoms with Crippen LogP contribution in [0.1, 0.15) is 52.5 Å². The van der Waals surface area contributed by atoms with Gasteiger partial charge in [0.25, 0.3) is 0 Å². The lowest BCUT2D eigenvalue weighted by Crippen LogP contribution is -2.41. The van der Waals surface area contributed by atoms with Crippen molar-refractivity contribution in [2.24, 2.45) is 0 Å². The lowest BCUT2D eigenvalue weighted by atomic mass is 10.1. The molecule has 0 aromatic heterocycles. The highest BCUT2D eigenvalue weighted by atomic mass is 28.4. The summed E-state index contributed by atoms with van der Waals surface area (Å²) in [7, 11) is -2.24. The topological polar surface area (TPSA) is 20.2 Å². The van der Waals surface area contributed by atoms with E-state index < -0.39 is 25.8 Å². The highest BCUT2D eigenvalue weighted by Gasteiger charge is 2.37. The van der Waals surface area contributed by atoms with Crippen molar-refractivity contribution < 1.29 is 18.0 Å². The summed E-state index contributed by atoms with van der Waals surface area (Å²) in [6.45, 7) is 8.29. The Bertz CT molecular complexity index is 481. The molecule has 0 amide bonds. The van der Waals surface area contributed by atoms with Crippen molar-refractivity contribution in [3.63, 3.8) is 0 Å².